The Labute approximate surface area is 222 Å². The monoisotopic (exact) mass is 536 g/mol. The van der Waals surface area contributed by atoms with Crippen molar-refractivity contribution in [2.45, 2.75) is 58.4 Å². The van der Waals surface area contributed by atoms with Crippen molar-refractivity contribution in [2.24, 2.45) is 22.6 Å². The molecule has 9 nitrogen and oxygen atoms in total. The van der Waals surface area contributed by atoms with Gasteiger partial charge in [0.15, 0.2) is 0 Å². The first-order valence-electron chi connectivity index (χ1n) is 12.7. The second-order valence-corrected chi connectivity index (χ2v) is 9.06. The van der Waals surface area contributed by atoms with Crippen LogP contribution in [0.15, 0.2) is 40.5 Å². The summed E-state index contributed by atoms with van der Waals surface area (Å²) in [5.74, 6) is -9.09. The number of benzene rings is 1. The van der Waals surface area contributed by atoms with E-state index in [2.05, 4.69) is 15.0 Å². The lowest BCUT2D eigenvalue weighted by atomic mass is 10.0. The summed E-state index contributed by atoms with van der Waals surface area (Å²) in [5.41, 5.74) is 8.41. The summed E-state index contributed by atoms with van der Waals surface area (Å²) in [6.45, 7) is 5.60. The molecular weight excluding hydrogens is 498 g/mol. The highest BCUT2D eigenvalue weighted by Crippen LogP contribution is 2.56. The van der Waals surface area contributed by atoms with E-state index in [0.29, 0.717) is 22.5 Å². The first-order chi connectivity index (χ1) is 18.0. The van der Waals surface area contributed by atoms with Crippen molar-refractivity contribution in [3.8, 4) is 0 Å². The third-order valence-corrected chi connectivity index (χ3v) is 6.70. The molecule has 0 spiro atoms. The van der Waals surface area contributed by atoms with Crippen LogP contribution in [0.2, 0.25) is 0 Å². The van der Waals surface area contributed by atoms with Gasteiger partial charge in [-0.15, -0.1) is 0 Å². The Morgan fingerprint density at radius 2 is 1.71 bits per heavy atom. The van der Waals surface area contributed by atoms with Crippen LogP contribution in [-0.4, -0.2) is 68.4 Å². The van der Waals surface area contributed by atoms with Crippen LogP contribution in [0.3, 0.4) is 0 Å². The first kappa shape index (κ1) is 30.7. The van der Waals surface area contributed by atoms with Crippen LogP contribution in [0, 0.1) is 11.8 Å². The largest absolute Gasteiger partial charge is 0.469 e. The fraction of sp³-hybridized carbons (Fsp3) is 0.556. The number of halogens is 2. The number of rotatable bonds is 8. The van der Waals surface area contributed by atoms with Crippen molar-refractivity contribution in [3.05, 3.63) is 41.1 Å². The average Bonchev–Trinajstić information content (AvgIpc) is 3.22. The number of allylic oxidation sites excluding steroid dienone is 1. The number of nitrogens with one attached hydrogen (secondary N) is 1. The minimum atomic E-state index is -3.44. The fourth-order valence-corrected chi connectivity index (χ4v) is 4.49. The predicted octanol–water partition coefficient (Wildman–Crippen LogP) is 4.37. The molecule has 0 bridgehead atoms. The predicted molar refractivity (Wildman–Crippen MR) is 141 cm³/mol. The normalized spacial score (nSPS) is 20.9. The van der Waals surface area contributed by atoms with Crippen molar-refractivity contribution in [3.63, 3.8) is 0 Å². The Bertz CT molecular complexity index is 1060. The maximum absolute atomic E-state index is 13.9. The molecule has 3 rings (SSSR count). The van der Waals surface area contributed by atoms with Gasteiger partial charge in [-0.1, -0.05) is 38.8 Å². The van der Waals surface area contributed by atoms with Crippen LogP contribution in [-0.2, 0) is 19.1 Å². The van der Waals surface area contributed by atoms with Gasteiger partial charge in [0.25, 0.3) is 5.92 Å². The maximum atomic E-state index is 13.9. The minimum Gasteiger partial charge on any atom is -0.469 e. The number of nitrogens with zero attached hydrogens (tertiary/aromatic N) is 2. The zero-order valence-corrected chi connectivity index (χ0v) is 22.8. The van der Waals surface area contributed by atoms with Crippen molar-refractivity contribution in [1.82, 2.24) is 4.90 Å². The molecule has 0 aromatic heterocycles. The quantitative estimate of drug-likeness (QED) is 0.376. The number of ether oxygens (including phenoxy) is 2. The van der Waals surface area contributed by atoms with Gasteiger partial charge in [0, 0.05) is 42.7 Å². The van der Waals surface area contributed by atoms with Crippen molar-refractivity contribution >= 4 is 29.4 Å². The number of aliphatic imine (C=N–C) groups is 1. The topological polar surface area (TPSA) is 123 Å². The average molecular weight is 537 g/mol. The molecular formula is C27H38F2N4O5. The molecule has 2 fully saturated rings. The third kappa shape index (κ3) is 6.87. The lowest BCUT2D eigenvalue weighted by Crippen LogP contribution is -2.36. The summed E-state index contributed by atoms with van der Waals surface area (Å²) in [7, 11) is 4.30. The van der Waals surface area contributed by atoms with Gasteiger partial charge in [-0.3, -0.25) is 14.6 Å². The van der Waals surface area contributed by atoms with Crippen LogP contribution >= 0.6 is 0 Å². The number of carbonyl (C=O) groups excluding carboxylic acids is 3. The molecule has 0 saturated heterocycles. The number of amides is 2. The van der Waals surface area contributed by atoms with Crippen molar-refractivity contribution in [1.29, 1.82) is 0 Å². The van der Waals surface area contributed by atoms with E-state index < -0.39 is 35.7 Å². The molecule has 0 aliphatic heterocycles. The molecule has 0 radical (unpaired) electrons. The van der Waals surface area contributed by atoms with E-state index in [-0.39, 0.29) is 18.3 Å². The number of hydrogen-bond donors (Lipinski definition) is 2. The molecule has 2 saturated carbocycles. The van der Waals surface area contributed by atoms with Gasteiger partial charge < -0.3 is 25.4 Å². The van der Waals surface area contributed by atoms with Gasteiger partial charge in [0.05, 0.1) is 12.8 Å². The van der Waals surface area contributed by atoms with Crippen LogP contribution < -0.4 is 11.1 Å². The third-order valence-electron chi connectivity index (χ3n) is 6.70. The van der Waals surface area contributed by atoms with Gasteiger partial charge in [0.1, 0.15) is 18.4 Å². The smallest absolute Gasteiger partial charge is 0.410 e. The minimum absolute atomic E-state index is 0.0743. The number of nitrogens with two attached hydrogens (primary N) is 1. The molecule has 3 N–H and O–H groups in total. The SMILES string of the molecule is CC.CN=C(/C(COC(=O)N(C)C1CCCC1)=C(/C)N)c1ccc(NC(=O)C2C(C(=O)OC)C2(F)F)cc1. The zero-order chi connectivity index (χ0) is 28.6. The fourth-order valence-electron chi connectivity index (χ4n) is 4.49. The summed E-state index contributed by atoms with van der Waals surface area (Å²) in [6.07, 6.45) is 3.66. The number of methoxy groups -OCH3 is 1. The van der Waals surface area contributed by atoms with E-state index in [1.807, 2.05) is 13.8 Å². The second kappa shape index (κ2) is 13.3. The van der Waals surface area contributed by atoms with E-state index in [1.54, 1.807) is 38.1 Å². The van der Waals surface area contributed by atoms with Gasteiger partial charge in [0.2, 0.25) is 5.91 Å². The highest BCUT2D eigenvalue weighted by Gasteiger charge is 2.76. The standard InChI is InChI=1S/C25H32F2N4O5.C2H6/c1-14(28)18(13-36-24(34)31(3)17-7-5-6-8-17)21(29-2)15-9-11-16(12-10-15)30-22(32)19-20(23(33)35-4)25(19,26)27;1-2/h9-12,17,19-20H,5-8,13,28H2,1-4H3,(H,30,32);1-2H3/b18-14-,29-21?;. The van der Waals surface area contributed by atoms with E-state index in [1.165, 1.54) is 12.1 Å². The molecule has 38 heavy (non-hydrogen) atoms. The van der Waals surface area contributed by atoms with E-state index >= 15 is 0 Å². The van der Waals surface area contributed by atoms with Crippen LogP contribution in [0.25, 0.3) is 0 Å². The molecule has 1 aromatic rings. The van der Waals surface area contributed by atoms with E-state index in [0.717, 1.165) is 32.8 Å². The van der Waals surface area contributed by atoms with Gasteiger partial charge in [-0.25, -0.2) is 13.6 Å². The summed E-state index contributed by atoms with van der Waals surface area (Å²) >= 11 is 0. The molecule has 210 valence electrons. The summed E-state index contributed by atoms with van der Waals surface area (Å²) in [6, 6.07) is 6.49. The molecule has 2 aliphatic carbocycles. The zero-order valence-electron chi connectivity index (χ0n) is 22.8. The number of esters is 1. The summed E-state index contributed by atoms with van der Waals surface area (Å²) < 4.78 is 37.6. The number of anilines is 1. The Morgan fingerprint density at radius 1 is 1.13 bits per heavy atom. The van der Waals surface area contributed by atoms with Crippen LogP contribution in [0.5, 0.6) is 0 Å². The molecule has 1 aromatic carbocycles. The molecule has 2 amide bonds. The lowest BCUT2D eigenvalue weighted by Gasteiger charge is -2.24. The highest BCUT2D eigenvalue weighted by molar-refractivity contribution is 6.13. The number of alkyl halides is 2. The number of hydrogen-bond acceptors (Lipinski definition) is 7. The molecule has 2 atom stereocenters. The number of carbonyl (C=O) groups is 3. The second-order valence-electron chi connectivity index (χ2n) is 9.06. The Kier molecular flexibility index (Phi) is 10.8. The van der Waals surface area contributed by atoms with Gasteiger partial charge in [-0.05, 0) is 31.9 Å². The summed E-state index contributed by atoms with van der Waals surface area (Å²) in [5, 5.41) is 2.41. The molecule has 2 unspecified atom stereocenters. The van der Waals surface area contributed by atoms with E-state index in [4.69, 9.17) is 10.5 Å². The van der Waals surface area contributed by atoms with Crippen LogP contribution in [0.1, 0.15) is 52.0 Å². The van der Waals surface area contributed by atoms with Crippen LogP contribution in [0.4, 0.5) is 19.3 Å². The Balaban J connectivity index is 0.00000247. The lowest BCUT2D eigenvalue weighted by molar-refractivity contribution is -0.144. The summed E-state index contributed by atoms with van der Waals surface area (Å²) in [4.78, 5) is 42.2. The highest BCUT2D eigenvalue weighted by atomic mass is 19.3. The maximum Gasteiger partial charge on any atom is 0.410 e. The Morgan fingerprint density at radius 3 is 2.21 bits per heavy atom. The molecule has 0 heterocycles. The van der Waals surface area contributed by atoms with E-state index in [9.17, 15) is 23.2 Å². The van der Waals surface area contributed by atoms with Gasteiger partial charge in [-0.2, -0.15) is 0 Å². The van der Waals surface area contributed by atoms with Gasteiger partial charge >= 0.3 is 12.1 Å². The molecule has 11 heteroatoms. The first-order valence-corrected chi connectivity index (χ1v) is 12.7. The molecule has 2 aliphatic rings. The van der Waals surface area contributed by atoms with Crippen molar-refractivity contribution < 1.29 is 32.6 Å². The Hall–Kier alpha value is -3.50. The van der Waals surface area contributed by atoms with Crippen molar-refractivity contribution in [2.75, 3.05) is 33.1 Å².